The molecule has 2 heterocycles. The lowest BCUT2D eigenvalue weighted by molar-refractivity contribution is 0.305. The summed E-state index contributed by atoms with van der Waals surface area (Å²) >= 11 is 0. The van der Waals surface area contributed by atoms with Gasteiger partial charge in [-0.2, -0.15) is 0 Å². The Labute approximate surface area is 274 Å². The summed E-state index contributed by atoms with van der Waals surface area (Å²) in [5.74, 6) is 0.857. The topological polar surface area (TPSA) is 61.9 Å². The highest BCUT2D eigenvalue weighted by Crippen LogP contribution is 2.45. The standard InChI is InChI=1S/C31H48N4.C9H9N/c1-9-13-15-18-30(7,17-11-3)34-22-24(5)35-29-19-26-20-31(12-4,21-27(26)23-33-29)28(16-14-10-2)25(6)32-8;1-3-8(2)9-6-4-5-7-10-9/h10,12,14,16,19,23,32,34H,2,4-5,9,11,13,15,17-18,20-22H2,1,3,6-8H3,(H,33,35);3-7H,1-2H2/b16-14-,28-25-;. The van der Waals surface area contributed by atoms with E-state index < -0.39 is 0 Å². The van der Waals surface area contributed by atoms with Gasteiger partial charge in [-0.25, -0.2) is 4.98 Å². The summed E-state index contributed by atoms with van der Waals surface area (Å²) in [6.45, 7) is 29.4. The molecule has 5 heteroatoms. The smallest absolute Gasteiger partial charge is 0.130 e. The molecule has 242 valence electrons. The molecule has 2 aromatic rings. The molecule has 3 rings (SSSR count). The first-order valence-corrected chi connectivity index (χ1v) is 16.3. The minimum absolute atomic E-state index is 0.149. The Morgan fingerprint density at radius 1 is 1.02 bits per heavy atom. The Bertz CT molecular complexity index is 1350. The van der Waals surface area contributed by atoms with Gasteiger partial charge in [0.05, 0.1) is 5.69 Å². The van der Waals surface area contributed by atoms with E-state index in [-0.39, 0.29) is 11.0 Å². The Hall–Kier alpha value is -3.96. The predicted molar refractivity (Wildman–Crippen MR) is 197 cm³/mol. The number of nitrogens with zero attached hydrogens (tertiary/aromatic N) is 2. The van der Waals surface area contributed by atoms with Gasteiger partial charge in [-0.15, -0.1) is 6.58 Å². The van der Waals surface area contributed by atoms with Crippen molar-refractivity contribution in [3.8, 4) is 0 Å². The Kier molecular flexibility index (Phi) is 15.5. The molecule has 2 atom stereocenters. The summed E-state index contributed by atoms with van der Waals surface area (Å²) in [5.41, 5.74) is 7.67. The molecule has 2 unspecified atom stereocenters. The molecular weight excluding hydrogens is 550 g/mol. The van der Waals surface area contributed by atoms with Crippen LogP contribution in [-0.2, 0) is 12.8 Å². The van der Waals surface area contributed by atoms with Crippen LogP contribution >= 0.6 is 0 Å². The maximum absolute atomic E-state index is 4.72. The number of hydrogen-bond donors (Lipinski definition) is 3. The fraction of sp³-hybridized carbons (Fsp3) is 0.400. The van der Waals surface area contributed by atoms with Gasteiger partial charge in [0.15, 0.2) is 0 Å². The second-order valence-electron chi connectivity index (χ2n) is 12.2. The van der Waals surface area contributed by atoms with E-state index in [1.165, 1.54) is 55.2 Å². The van der Waals surface area contributed by atoms with Crippen molar-refractivity contribution in [1.29, 1.82) is 0 Å². The molecule has 0 bridgehead atoms. The largest absolute Gasteiger partial charge is 0.391 e. The van der Waals surface area contributed by atoms with E-state index in [4.69, 9.17) is 4.98 Å². The van der Waals surface area contributed by atoms with Gasteiger partial charge in [0.2, 0.25) is 0 Å². The number of pyridine rings is 2. The Balaban J connectivity index is 0.000000596. The predicted octanol–water partition coefficient (Wildman–Crippen LogP) is 9.52. The van der Waals surface area contributed by atoms with Gasteiger partial charge in [0.25, 0.3) is 0 Å². The molecular formula is C40H57N5. The third kappa shape index (κ3) is 11.2. The van der Waals surface area contributed by atoms with Gasteiger partial charge < -0.3 is 16.0 Å². The van der Waals surface area contributed by atoms with Crippen molar-refractivity contribution in [2.24, 2.45) is 5.41 Å². The molecule has 0 saturated heterocycles. The molecule has 2 aromatic heterocycles. The van der Waals surface area contributed by atoms with Crippen LogP contribution in [0.2, 0.25) is 0 Å². The summed E-state index contributed by atoms with van der Waals surface area (Å²) in [4.78, 5) is 8.80. The Morgan fingerprint density at radius 2 is 1.78 bits per heavy atom. The molecule has 0 aliphatic heterocycles. The van der Waals surface area contributed by atoms with Crippen molar-refractivity contribution < 1.29 is 0 Å². The number of rotatable bonds is 18. The maximum Gasteiger partial charge on any atom is 0.130 e. The lowest BCUT2D eigenvalue weighted by Crippen LogP contribution is -2.43. The number of nitrogens with one attached hydrogen (secondary N) is 3. The number of fused-ring (bicyclic) bond motifs is 1. The number of allylic oxidation sites excluding steroid dienone is 8. The molecule has 1 aliphatic rings. The first-order valence-electron chi connectivity index (χ1n) is 16.3. The van der Waals surface area contributed by atoms with Crippen LogP contribution in [0.5, 0.6) is 0 Å². The molecule has 45 heavy (non-hydrogen) atoms. The van der Waals surface area contributed by atoms with Crippen LogP contribution in [0.25, 0.3) is 5.57 Å². The molecule has 0 radical (unpaired) electrons. The highest BCUT2D eigenvalue weighted by Gasteiger charge is 2.38. The minimum atomic E-state index is -0.158. The first-order chi connectivity index (χ1) is 21.6. The fourth-order valence-electron chi connectivity index (χ4n) is 5.89. The van der Waals surface area contributed by atoms with E-state index in [1.807, 2.05) is 43.6 Å². The monoisotopic (exact) mass is 607 g/mol. The fourth-order valence-corrected chi connectivity index (χ4v) is 5.89. The summed E-state index contributed by atoms with van der Waals surface area (Å²) < 4.78 is 0. The molecule has 5 nitrogen and oxygen atoms in total. The molecule has 0 spiro atoms. The van der Waals surface area contributed by atoms with Gasteiger partial charge in [-0.1, -0.05) is 102 Å². The molecule has 3 N–H and O–H groups in total. The average molecular weight is 608 g/mol. The van der Waals surface area contributed by atoms with Gasteiger partial charge in [0.1, 0.15) is 5.82 Å². The quantitative estimate of drug-likeness (QED) is 0.0895. The average Bonchev–Trinajstić information content (AvgIpc) is 3.43. The van der Waals surface area contributed by atoms with Gasteiger partial charge in [-0.3, -0.25) is 4.98 Å². The first kappa shape index (κ1) is 37.2. The minimum Gasteiger partial charge on any atom is -0.391 e. The SMILES string of the molecule is C=C/C=C\C(=C(/C)NC)C1(C=C)Cc2cnc(NC(=C)CNC(C)(CCC)CCCCC)cc2C1.C=CC(=C)c1ccccn1. The zero-order chi connectivity index (χ0) is 33.3. The van der Waals surface area contributed by atoms with E-state index >= 15 is 0 Å². The summed E-state index contributed by atoms with van der Waals surface area (Å²) in [6, 6.07) is 7.89. The van der Waals surface area contributed by atoms with Crippen LogP contribution in [0.1, 0.15) is 83.0 Å². The highest BCUT2D eigenvalue weighted by atomic mass is 15.0. The Morgan fingerprint density at radius 3 is 2.38 bits per heavy atom. The van der Waals surface area contributed by atoms with Crippen LogP contribution in [0, 0.1) is 5.41 Å². The van der Waals surface area contributed by atoms with E-state index in [2.05, 4.69) is 99.7 Å². The van der Waals surface area contributed by atoms with Crippen molar-refractivity contribution in [2.45, 2.75) is 84.6 Å². The third-order valence-corrected chi connectivity index (χ3v) is 8.61. The van der Waals surface area contributed by atoms with E-state index in [1.54, 1.807) is 12.3 Å². The summed E-state index contributed by atoms with van der Waals surface area (Å²) in [6.07, 6.45) is 22.7. The van der Waals surface area contributed by atoms with Crippen LogP contribution in [0.15, 0.2) is 117 Å². The van der Waals surface area contributed by atoms with Crippen molar-refractivity contribution in [2.75, 3.05) is 18.9 Å². The zero-order valence-corrected chi connectivity index (χ0v) is 28.6. The van der Waals surface area contributed by atoms with Crippen LogP contribution in [0.3, 0.4) is 0 Å². The van der Waals surface area contributed by atoms with Gasteiger partial charge >= 0.3 is 0 Å². The molecule has 0 aromatic carbocycles. The van der Waals surface area contributed by atoms with Crippen molar-refractivity contribution in [3.63, 3.8) is 0 Å². The molecule has 0 fully saturated rings. The second kappa shape index (κ2) is 18.8. The second-order valence-corrected chi connectivity index (χ2v) is 12.2. The van der Waals surface area contributed by atoms with Gasteiger partial charge in [-0.05, 0) is 80.0 Å². The number of aromatic nitrogens is 2. The third-order valence-electron chi connectivity index (χ3n) is 8.61. The van der Waals surface area contributed by atoms with Crippen molar-refractivity contribution >= 4 is 11.4 Å². The van der Waals surface area contributed by atoms with Crippen molar-refractivity contribution in [1.82, 2.24) is 20.6 Å². The lowest BCUT2D eigenvalue weighted by Gasteiger charge is -2.31. The highest BCUT2D eigenvalue weighted by molar-refractivity contribution is 5.68. The van der Waals surface area contributed by atoms with Gasteiger partial charge in [0, 0.05) is 48.3 Å². The molecule has 0 saturated carbocycles. The molecule has 0 amide bonds. The number of anilines is 1. The molecule has 1 aliphatic carbocycles. The van der Waals surface area contributed by atoms with Crippen molar-refractivity contribution in [3.05, 3.63) is 134 Å². The summed E-state index contributed by atoms with van der Waals surface area (Å²) in [5, 5.41) is 10.5. The lowest BCUT2D eigenvalue weighted by atomic mass is 9.76. The number of hydrogen-bond acceptors (Lipinski definition) is 5. The van der Waals surface area contributed by atoms with E-state index in [0.29, 0.717) is 0 Å². The van der Waals surface area contributed by atoms with E-state index in [0.717, 1.165) is 47.9 Å². The normalized spacial score (nSPS) is 17.2. The maximum atomic E-state index is 4.72. The van der Waals surface area contributed by atoms with Crippen LogP contribution in [0.4, 0.5) is 5.82 Å². The summed E-state index contributed by atoms with van der Waals surface area (Å²) in [7, 11) is 1.97. The van der Waals surface area contributed by atoms with Crippen LogP contribution < -0.4 is 16.0 Å². The number of unbranched alkanes of at least 4 members (excludes halogenated alkanes) is 2. The van der Waals surface area contributed by atoms with E-state index in [9.17, 15) is 0 Å². The zero-order valence-electron chi connectivity index (χ0n) is 28.6. The van der Waals surface area contributed by atoms with Crippen LogP contribution in [-0.4, -0.2) is 29.1 Å².